The van der Waals surface area contributed by atoms with Gasteiger partial charge >= 0.3 is 0 Å². The molecule has 11 nitrogen and oxygen atoms in total. The minimum absolute atomic E-state index is 0.0780. The van der Waals surface area contributed by atoms with Gasteiger partial charge in [0.25, 0.3) is 15.6 Å². The van der Waals surface area contributed by atoms with Crippen LogP contribution in [-0.4, -0.2) is 42.2 Å². The fourth-order valence-corrected chi connectivity index (χ4v) is 5.69. The number of sulfone groups is 1. The van der Waals surface area contributed by atoms with Gasteiger partial charge in [-0.2, -0.15) is 8.42 Å². The first-order valence-electron chi connectivity index (χ1n) is 11.2. The molecule has 0 spiro atoms. The van der Waals surface area contributed by atoms with Gasteiger partial charge in [0.15, 0.2) is 14.9 Å². The summed E-state index contributed by atoms with van der Waals surface area (Å²) < 4.78 is 61.6. The van der Waals surface area contributed by atoms with Crippen molar-refractivity contribution in [3.05, 3.63) is 83.8 Å². The molecular weight excluding hydrogens is 530 g/mol. The van der Waals surface area contributed by atoms with E-state index in [2.05, 4.69) is 14.7 Å². The van der Waals surface area contributed by atoms with Crippen LogP contribution in [0.25, 0.3) is 22.0 Å². The molecule has 0 saturated carbocycles. The number of nitrogens with zero attached hydrogens (tertiary/aromatic N) is 3. The molecule has 5 rings (SSSR count). The summed E-state index contributed by atoms with van der Waals surface area (Å²) in [5.74, 6) is 0.609. The minimum atomic E-state index is -3.92. The first-order valence-corrected chi connectivity index (χ1v) is 14.6. The maximum atomic E-state index is 12.7. The molecule has 0 aliphatic carbocycles. The number of aryl methyl sites for hydroxylation is 2. The molecule has 0 unspecified atom stereocenters. The first-order chi connectivity index (χ1) is 17.9. The molecule has 2 N–H and O–H groups in total. The predicted octanol–water partition coefficient (Wildman–Crippen LogP) is 3.26. The van der Waals surface area contributed by atoms with E-state index in [-0.39, 0.29) is 21.2 Å². The fourth-order valence-electron chi connectivity index (χ4n) is 4.01. The second-order valence-corrected chi connectivity index (χ2v) is 12.4. The van der Waals surface area contributed by atoms with E-state index in [4.69, 9.17) is 4.74 Å². The van der Waals surface area contributed by atoms with Crippen molar-refractivity contribution in [1.29, 1.82) is 0 Å². The van der Waals surface area contributed by atoms with Crippen LogP contribution in [0, 0.1) is 0 Å². The Labute approximate surface area is 218 Å². The van der Waals surface area contributed by atoms with Gasteiger partial charge in [-0.1, -0.05) is 6.07 Å². The normalized spacial score (nSPS) is 12.1. The Morgan fingerprint density at radius 1 is 0.974 bits per heavy atom. The zero-order valence-corrected chi connectivity index (χ0v) is 22.2. The second kappa shape index (κ2) is 9.19. The number of anilines is 1. The maximum Gasteiger partial charge on any atom is 0.280 e. The number of nitrogens with one attached hydrogen (secondary N) is 2. The van der Waals surface area contributed by atoms with Crippen LogP contribution in [-0.2, 0) is 34.0 Å². The Balaban J connectivity index is 1.58. The summed E-state index contributed by atoms with van der Waals surface area (Å²) >= 11 is 0. The predicted molar refractivity (Wildman–Crippen MR) is 143 cm³/mol. The molecule has 3 aromatic heterocycles. The summed E-state index contributed by atoms with van der Waals surface area (Å²) in [7, 11) is -4.20. The van der Waals surface area contributed by atoms with Gasteiger partial charge in [-0.25, -0.2) is 13.4 Å². The largest absolute Gasteiger partial charge is 0.457 e. The number of aromatic nitrogens is 4. The number of sulfonamides is 1. The molecule has 5 aromatic rings. The van der Waals surface area contributed by atoms with Crippen LogP contribution in [0.3, 0.4) is 0 Å². The van der Waals surface area contributed by atoms with E-state index < -0.39 is 19.9 Å². The maximum absolute atomic E-state index is 12.7. The first kappa shape index (κ1) is 25.3. The van der Waals surface area contributed by atoms with Gasteiger partial charge < -0.3 is 18.9 Å². The molecule has 2 aromatic carbocycles. The van der Waals surface area contributed by atoms with Crippen molar-refractivity contribution in [1.82, 2.24) is 19.1 Å². The number of hydrogen-bond donors (Lipinski definition) is 2. The minimum Gasteiger partial charge on any atom is -0.457 e. The van der Waals surface area contributed by atoms with Crippen molar-refractivity contribution in [3.63, 3.8) is 0 Å². The van der Waals surface area contributed by atoms with Crippen molar-refractivity contribution < 1.29 is 21.6 Å². The zero-order chi connectivity index (χ0) is 27.2. The highest BCUT2D eigenvalue weighted by atomic mass is 32.2. The Morgan fingerprint density at radius 3 is 2.47 bits per heavy atom. The Bertz CT molecular complexity index is 1970. The van der Waals surface area contributed by atoms with Gasteiger partial charge in [0.2, 0.25) is 0 Å². The molecule has 0 bridgehead atoms. The number of fused-ring (bicyclic) bond motifs is 1. The molecule has 0 radical (unpaired) electrons. The number of aromatic amines is 1. The second-order valence-electron chi connectivity index (χ2n) is 8.77. The quantitative estimate of drug-likeness (QED) is 0.315. The number of imidazole rings is 1. The van der Waals surface area contributed by atoms with Gasteiger partial charge in [-0.05, 0) is 36.4 Å². The number of benzene rings is 2. The van der Waals surface area contributed by atoms with Gasteiger partial charge in [-0.3, -0.25) is 9.52 Å². The van der Waals surface area contributed by atoms with E-state index in [1.807, 2.05) is 0 Å². The summed E-state index contributed by atoms with van der Waals surface area (Å²) in [4.78, 5) is 19.5. The molecule has 0 fully saturated rings. The number of hydrogen-bond acceptors (Lipinski definition) is 7. The zero-order valence-electron chi connectivity index (χ0n) is 20.5. The van der Waals surface area contributed by atoms with Gasteiger partial charge in [0.1, 0.15) is 17.0 Å². The molecular formula is C25H23N5O6S2. The van der Waals surface area contributed by atoms with Crippen LogP contribution in [0.4, 0.5) is 5.69 Å². The van der Waals surface area contributed by atoms with Crippen LogP contribution < -0.4 is 15.0 Å². The van der Waals surface area contributed by atoms with E-state index in [9.17, 15) is 21.6 Å². The van der Waals surface area contributed by atoms with E-state index >= 15 is 0 Å². The highest BCUT2D eigenvalue weighted by Crippen LogP contribution is 2.38. The lowest BCUT2D eigenvalue weighted by molar-refractivity contribution is 0.484. The molecule has 13 heteroatoms. The van der Waals surface area contributed by atoms with Crippen LogP contribution in [0.5, 0.6) is 11.5 Å². The summed E-state index contributed by atoms with van der Waals surface area (Å²) in [5, 5.41) is 0.468. The van der Waals surface area contributed by atoms with E-state index in [1.54, 1.807) is 50.8 Å². The summed E-state index contributed by atoms with van der Waals surface area (Å²) in [6.07, 6.45) is 7.12. The smallest absolute Gasteiger partial charge is 0.280 e. The average molecular weight is 554 g/mol. The van der Waals surface area contributed by atoms with Crippen LogP contribution >= 0.6 is 0 Å². The summed E-state index contributed by atoms with van der Waals surface area (Å²) in [6.45, 7) is 0. The van der Waals surface area contributed by atoms with Crippen LogP contribution in [0.1, 0.15) is 0 Å². The molecule has 0 aliphatic heterocycles. The third kappa shape index (κ3) is 4.80. The van der Waals surface area contributed by atoms with E-state index in [0.717, 1.165) is 6.26 Å². The topological polar surface area (TPSA) is 145 Å². The number of rotatable bonds is 7. The van der Waals surface area contributed by atoms with E-state index in [1.165, 1.54) is 45.9 Å². The molecule has 0 atom stereocenters. The lowest BCUT2D eigenvalue weighted by Crippen LogP contribution is -2.16. The number of pyridine rings is 1. The molecule has 38 heavy (non-hydrogen) atoms. The van der Waals surface area contributed by atoms with Gasteiger partial charge in [0, 0.05) is 61.5 Å². The molecule has 196 valence electrons. The van der Waals surface area contributed by atoms with Gasteiger partial charge in [-0.15, -0.1) is 0 Å². The molecule has 0 saturated heterocycles. The van der Waals surface area contributed by atoms with Crippen molar-refractivity contribution in [2.75, 3.05) is 11.0 Å². The lowest BCUT2D eigenvalue weighted by atomic mass is 10.0. The Hall–Kier alpha value is -4.36. The van der Waals surface area contributed by atoms with Crippen molar-refractivity contribution in [3.8, 4) is 22.6 Å². The monoisotopic (exact) mass is 553 g/mol. The van der Waals surface area contributed by atoms with Gasteiger partial charge in [0.05, 0.1) is 16.9 Å². The van der Waals surface area contributed by atoms with Crippen LogP contribution in [0.15, 0.2) is 88.2 Å². The van der Waals surface area contributed by atoms with Crippen LogP contribution in [0.2, 0.25) is 0 Å². The molecule has 0 aliphatic rings. The van der Waals surface area contributed by atoms with E-state index in [0.29, 0.717) is 33.5 Å². The number of ether oxygens (including phenoxy) is 1. The van der Waals surface area contributed by atoms with Crippen molar-refractivity contribution >= 4 is 36.5 Å². The van der Waals surface area contributed by atoms with Crippen molar-refractivity contribution in [2.45, 2.75) is 9.92 Å². The Kier molecular flexibility index (Phi) is 6.12. The van der Waals surface area contributed by atoms with Crippen molar-refractivity contribution in [2.24, 2.45) is 14.1 Å². The third-order valence-electron chi connectivity index (χ3n) is 5.83. The number of H-pyrrole nitrogens is 1. The standard InChI is InChI=1S/C25H23N5O6S2/c1-29-14-23(27-15-29)38(34,35)28-16-5-4-6-17(11-16)36-22-8-7-18(37(3,32)33)12-20(22)21-13-30(2)25(31)24-19(21)9-10-26-24/h4-15,26,28H,1-3H3. The molecule has 3 heterocycles. The highest BCUT2D eigenvalue weighted by molar-refractivity contribution is 7.92. The lowest BCUT2D eigenvalue weighted by Gasteiger charge is -2.15. The SMILES string of the molecule is Cn1cnc(S(=O)(=O)Nc2cccc(Oc3ccc(S(C)(=O)=O)cc3-c3cn(C)c(=O)c4[nH]ccc34)c2)c1. The summed E-state index contributed by atoms with van der Waals surface area (Å²) in [5.41, 5.74) is 1.40. The Morgan fingerprint density at radius 2 is 1.76 bits per heavy atom. The average Bonchev–Trinajstić information content (AvgIpc) is 3.51. The highest BCUT2D eigenvalue weighted by Gasteiger charge is 2.20. The fraction of sp³-hybridized carbons (Fsp3) is 0.120. The third-order valence-corrected chi connectivity index (χ3v) is 8.21. The molecule has 0 amide bonds. The summed E-state index contributed by atoms with van der Waals surface area (Å²) in [6, 6.07) is 12.5.